The lowest BCUT2D eigenvalue weighted by molar-refractivity contribution is 0.295. The number of methoxy groups -OCH3 is 1. The van der Waals surface area contributed by atoms with E-state index in [9.17, 15) is 0 Å². The Balaban J connectivity index is 0.00000220. The predicted octanol–water partition coefficient (Wildman–Crippen LogP) is 1.81. The molecule has 1 unspecified atom stereocenters. The number of likely N-dealkylation sites (N-methyl/N-ethyl adjacent to an activating group) is 2. The van der Waals surface area contributed by atoms with Gasteiger partial charge in [-0.1, -0.05) is 12.1 Å². The van der Waals surface area contributed by atoms with Gasteiger partial charge in [-0.05, 0) is 31.8 Å². The molecule has 0 saturated carbocycles. The van der Waals surface area contributed by atoms with Gasteiger partial charge < -0.3 is 19.9 Å². The first kappa shape index (κ1) is 18.0. The van der Waals surface area contributed by atoms with Crippen LogP contribution in [0, 0.1) is 0 Å². The first-order chi connectivity index (χ1) is 9.61. The number of ether oxygens (including phenoxy) is 1. The van der Waals surface area contributed by atoms with Gasteiger partial charge in [-0.25, -0.2) is 0 Å². The maximum absolute atomic E-state index is 5.31. The molecular formula is C15H25IN4O. The van der Waals surface area contributed by atoms with Gasteiger partial charge in [0.2, 0.25) is 0 Å². The van der Waals surface area contributed by atoms with Gasteiger partial charge in [0.05, 0.1) is 19.7 Å². The van der Waals surface area contributed by atoms with Crippen LogP contribution in [0.5, 0.6) is 5.75 Å². The molecule has 0 bridgehead atoms. The van der Waals surface area contributed by atoms with Crippen molar-refractivity contribution in [2.75, 3.05) is 47.9 Å². The highest BCUT2D eigenvalue weighted by Gasteiger charge is 2.18. The molecule has 21 heavy (non-hydrogen) atoms. The monoisotopic (exact) mass is 404 g/mol. The first-order valence-corrected chi connectivity index (χ1v) is 6.91. The van der Waals surface area contributed by atoms with Crippen molar-refractivity contribution in [2.24, 2.45) is 4.99 Å². The smallest absolute Gasteiger partial charge is 0.193 e. The van der Waals surface area contributed by atoms with Gasteiger partial charge in [-0.2, -0.15) is 0 Å². The van der Waals surface area contributed by atoms with E-state index in [2.05, 4.69) is 53.4 Å². The Morgan fingerprint density at radius 2 is 2.19 bits per heavy atom. The molecule has 0 aliphatic carbocycles. The lowest BCUT2D eigenvalue weighted by Gasteiger charge is -2.27. The van der Waals surface area contributed by atoms with Gasteiger partial charge in [-0.3, -0.25) is 4.99 Å². The number of rotatable bonds is 5. The van der Waals surface area contributed by atoms with Gasteiger partial charge in [0.1, 0.15) is 5.75 Å². The fourth-order valence-electron chi connectivity index (χ4n) is 2.36. The largest absolute Gasteiger partial charge is 0.497 e. The van der Waals surface area contributed by atoms with Crippen LogP contribution in [0.3, 0.4) is 0 Å². The number of hydrogen-bond acceptors (Lipinski definition) is 5. The number of benzene rings is 1. The van der Waals surface area contributed by atoms with Crippen molar-refractivity contribution in [1.29, 1.82) is 0 Å². The minimum Gasteiger partial charge on any atom is -0.497 e. The summed E-state index contributed by atoms with van der Waals surface area (Å²) in [6.07, 6.45) is 0. The highest BCUT2D eigenvalue weighted by Crippen LogP contribution is 2.22. The van der Waals surface area contributed by atoms with Crippen LogP contribution in [-0.4, -0.2) is 63.6 Å². The summed E-state index contributed by atoms with van der Waals surface area (Å²) in [6.45, 7) is 2.70. The summed E-state index contributed by atoms with van der Waals surface area (Å²) in [5.41, 5.74) is 1.24. The average Bonchev–Trinajstić information content (AvgIpc) is 2.84. The highest BCUT2D eigenvalue weighted by molar-refractivity contribution is 14.0. The third-order valence-electron chi connectivity index (χ3n) is 3.61. The van der Waals surface area contributed by atoms with Gasteiger partial charge in [0, 0.05) is 20.1 Å². The van der Waals surface area contributed by atoms with Crippen LogP contribution in [0.4, 0.5) is 0 Å². The maximum Gasteiger partial charge on any atom is 0.193 e. The van der Waals surface area contributed by atoms with Crippen LogP contribution in [0.2, 0.25) is 0 Å². The quantitative estimate of drug-likeness (QED) is 0.761. The number of guanidine groups is 1. The molecule has 1 aliphatic rings. The van der Waals surface area contributed by atoms with Crippen LogP contribution >= 0.6 is 24.0 Å². The Labute approximate surface area is 144 Å². The molecule has 0 amide bonds. The fraction of sp³-hybridized carbons (Fsp3) is 0.533. The summed E-state index contributed by atoms with van der Waals surface area (Å²) in [5, 5.41) is 3.44. The molecule has 1 atom stereocenters. The van der Waals surface area contributed by atoms with Crippen LogP contribution in [0.1, 0.15) is 11.6 Å². The predicted molar refractivity (Wildman–Crippen MR) is 97.8 cm³/mol. The summed E-state index contributed by atoms with van der Waals surface area (Å²) in [7, 11) is 7.94. The van der Waals surface area contributed by atoms with Gasteiger partial charge >= 0.3 is 0 Å². The summed E-state index contributed by atoms with van der Waals surface area (Å²) in [6, 6.07) is 8.51. The molecule has 1 aromatic carbocycles. The van der Waals surface area contributed by atoms with Gasteiger partial charge in [-0.15, -0.1) is 24.0 Å². The summed E-state index contributed by atoms with van der Waals surface area (Å²) in [5.74, 6) is 1.88. The molecule has 0 saturated heterocycles. The normalized spacial score (nSPS) is 15.5. The molecule has 1 aliphatic heterocycles. The molecule has 0 fully saturated rings. The Bertz CT molecular complexity index is 478. The van der Waals surface area contributed by atoms with Crippen molar-refractivity contribution in [3.8, 4) is 5.75 Å². The second kappa shape index (κ2) is 8.43. The molecule has 0 radical (unpaired) electrons. The zero-order valence-electron chi connectivity index (χ0n) is 13.2. The van der Waals surface area contributed by atoms with E-state index in [1.54, 1.807) is 7.11 Å². The van der Waals surface area contributed by atoms with Crippen molar-refractivity contribution in [1.82, 2.24) is 15.1 Å². The summed E-state index contributed by atoms with van der Waals surface area (Å²) < 4.78 is 5.31. The number of nitrogens with zero attached hydrogens (tertiary/aromatic N) is 3. The van der Waals surface area contributed by atoms with E-state index >= 15 is 0 Å². The van der Waals surface area contributed by atoms with E-state index in [0.717, 1.165) is 31.3 Å². The third-order valence-corrected chi connectivity index (χ3v) is 3.61. The molecule has 1 N–H and O–H groups in total. The SMILES string of the molecule is COc1cccc(C(CNC2=NCCN2C)N(C)C)c1.I. The molecule has 2 rings (SSSR count). The molecule has 0 spiro atoms. The van der Waals surface area contributed by atoms with Gasteiger partial charge in [0.15, 0.2) is 5.96 Å². The molecule has 1 heterocycles. The minimum absolute atomic E-state index is 0. The van der Waals surface area contributed by atoms with E-state index in [-0.39, 0.29) is 30.0 Å². The molecular weight excluding hydrogens is 379 g/mol. The topological polar surface area (TPSA) is 40.1 Å². The van der Waals surface area contributed by atoms with Crippen LogP contribution < -0.4 is 10.1 Å². The van der Waals surface area contributed by atoms with E-state index < -0.39 is 0 Å². The highest BCUT2D eigenvalue weighted by atomic mass is 127. The number of aliphatic imine (C=N–C) groups is 1. The Hall–Kier alpha value is -1.02. The Morgan fingerprint density at radius 1 is 1.43 bits per heavy atom. The second-order valence-corrected chi connectivity index (χ2v) is 5.26. The number of hydrogen-bond donors (Lipinski definition) is 1. The Morgan fingerprint density at radius 3 is 2.76 bits per heavy atom. The van der Waals surface area contributed by atoms with Crippen LogP contribution in [0.15, 0.2) is 29.3 Å². The van der Waals surface area contributed by atoms with Crippen molar-refractivity contribution < 1.29 is 4.74 Å². The maximum atomic E-state index is 5.31. The first-order valence-electron chi connectivity index (χ1n) is 6.91. The van der Waals surface area contributed by atoms with E-state index in [0.29, 0.717) is 0 Å². The van der Waals surface area contributed by atoms with E-state index in [1.165, 1.54) is 5.56 Å². The zero-order valence-corrected chi connectivity index (χ0v) is 15.5. The third kappa shape index (κ3) is 4.74. The van der Waals surface area contributed by atoms with Crippen molar-refractivity contribution >= 4 is 29.9 Å². The number of halogens is 1. The standard InChI is InChI=1S/C15H24N4O.HI/c1-18(2)14(11-17-15-16-8-9-19(15)3)12-6-5-7-13(10-12)20-4;/h5-7,10,14H,8-9,11H2,1-4H3,(H,16,17);1H. The van der Waals surface area contributed by atoms with Gasteiger partial charge in [0.25, 0.3) is 0 Å². The molecule has 118 valence electrons. The molecule has 5 nitrogen and oxygen atoms in total. The lowest BCUT2D eigenvalue weighted by Crippen LogP contribution is -2.40. The van der Waals surface area contributed by atoms with Crippen molar-refractivity contribution in [3.05, 3.63) is 29.8 Å². The second-order valence-electron chi connectivity index (χ2n) is 5.26. The molecule has 1 aromatic rings. The minimum atomic E-state index is 0. The van der Waals surface area contributed by atoms with Crippen LogP contribution in [0.25, 0.3) is 0 Å². The van der Waals surface area contributed by atoms with E-state index in [4.69, 9.17) is 4.74 Å². The summed E-state index contributed by atoms with van der Waals surface area (Å²) in [4.78, 5) is 8.82. The average molecular weight is 404 g/mol. The van der Waals surface area contributed by atoms with E-state index in [1.807, 2.05) is 12.1 Å². The van der Waals surface area contributed by atoms with Crippen molar-refractivity contribution in [3.63, 3.8) is 0 Å². The fourth-order valence-corrected chi connectivity index (χ4v) is 2.36. The van der Waals surface area contributed by atoms with Crippen molar-refractivity contribution in [2.45, 2.75) is 6.04 Å². The number of nitrogens with one attached hydrogen (secondary N) is 1. The lowest BCUT2D eigenvalue weighted by atomic mass is 10.1. The Kier molecular flexibility index (Phi) is 7.24. The summed E-state index contributed by atoms with van der Waals surface area (Å²) >= 11 is 0. The molecule has 6 heteroatoms. The molecule has 0 aromatic heterocycles. The van der Waals surface area contributed by atoms with Crippen LogP contribution in [-0.2, 0) is 0 Å². The zero-order chi connectivity index (χ0) is 14.5.